The van der Waals surface area contributed by atoms with E-state index < -0.39 is 0 Å². The quantitative estimate of drug-likeness (QED) is 0.767. The summed E-state index contributed by atoms with van der Waals surface area (Å²) < 4.78 is 7.88. The summed E-state index contributed by atoms with van der Waals surface area (Å²) >= 11 is 0. The maximum absolute atomic E-state index is 5.81. The zero-order valence-corrected chi connectivity index (χ0v) is 12.6. The number of aryl methyl sites for hydroxylation is 1. The minimum Gasteiger partial charge on any atom is -0.377 e. The summed E-state index contributed by atoms with van der Waals surface area (Å²) in [5.74, 6) is 0.927. The fourth-order valence-corrected chi connectivity index (χ4v) is 3.21. The normalized spacial score (nSPS) is 23.4. The molecule has 4 nitrogen and oxygen atoms in total. The summed E-state index contributed by atoms with van der Waals surface area (Å²) in [4.78, 5) is 2.61. The van der Waals surface area contributed by atoms with Gasteiger partial charge in [0.2, 0.25) is 0 Å². The first-order valence-electron chi connectivity index (χ1n) is 8.13. The molecule has 2 heterocycles. The smallest absolute Gasteiger partial charge is 0.0702 e. The van der Waals surface area contributed by atoms with Crippen molar-refractivity contribution >= 4 is 0 Å². The van der Waals surface area contributed by atoms with Crippen LogP contribution >= 0.6 is 0 Å². The van der Waals surface area contributed by atoms with Gasteiger partial charge in [-0.15, -0.1) is 0 Å². The molecule has 2 aliphatic rings. The Morgan fingerprint density at radius 1 is 1.30 bits per heavy atom. The topological polar surface area (TPSA) is 30.3 Å². The van der Waals surface area contributed by atoms with E-state index in [1.165, 1.54) is 38.6 Å². The van der Waals surface area contributed by atoms with Gasteiger partial charge in [-0.25, -0.2) is 0 Å². The summed E-state index contributed by atoms with van der Waals surface area (Å²) in [5, 5.41) is 4.49. The van der Waals surface area contributed by atoms with Crippen LogP contribution in [-0.4, -0.2) is 47.0 Å². The molecule has 0 spiro atoms. The number of ether oxygens (including phenoxy) is 1. The lowest BCUT2D eigenvalue weighted by Gasteiger charge is -2.33. The van der Waals surface area contributed by atoms with Crippen LogP contribution in [-0.2, 0) is 11.3 Å². The molecule has 1 aliphatic carbocycles. The Hall–Kier alpha value is -0.870. The number of rotatable bonds is 7. The van der Waals surface area contributed by atoms with Gasteiger partial charge >= 0.3 is 0 Å². The molecule has 2 fully saturated rings. The first-order chi connectivity index (χ1) is 9.79. The Kier molecular flexibility index (Phi) is 4.73. The highest BCUT2D eigenvalue weighted by atomic mass is 16.5. The van der Waals surface area contributed by atoms with Gasteiger partial charge in [0.1, 0.15) is 0 Å². The Balaban J connectivity index is 1.49. The molecule has 0 N–H and O–H groups in total. The largest absolute Gasteiger partial charge is 0.377 e. The summed E-state index contributed by atoms with van der Waals surface area (Å²) in [5.41, 5.74) is 1.11. The molecule has 20 heavy (non-hydrogen) atoms. The van der Waals surface area contributed by atoms with Gasteiger partial charge in [0.05, 0.1) is 18.3 Å². The van der Waals surface area contributed by atoms with Crippen LogP contribution in [0.4, 0.5) is 0 Å². The molecule has 0 bridgehead atoms. The molecule has 1 aliphatic heterocycles. The van der Waals surface area contributed by atoms with Crippen LogP contribution in [0.2, 0.25) is 0 Å². The predicted octanol–water partition coefficient (Wildman–Crippen LogP) is 2.47. The van der Waals surface area contributed by atoms with Gasteiger partial charge in [-0.3, -0.25) is 9.58 Å². The van der Waals surface area contributed by atoms with E-state index in [9.17, 15) is 0 Å². The van der Waals surface area contributed by atoms with Crippen LogP contribution in [0.15, 0.2) is 12.3 Å². The highest BCUT2D eigenvalue weighted by molar-refractivity contribution is 4.94. The van der Waals surface area contributed by atoms with E-state index in [1.54, 1.807) is 0 Å². The van der Waals surface area contributed by atoms with Gasteiger partial charge in [0.15, 0.2) is 0 Å². The second-order valence-corrected chi connectivity index (χ2v) is 6.41. The lowest BCUT2D eigenvalue weighted by Crippen LogP contribution is -2.39. The van der Waals surface area contributed by atoms with Gasteiger partial charge in [0, 0.05) is 32.4 Å². The minimum atomic E-state index is 0.467. The third-order valence-electron chi connectivity index (χ3n) is 4.65. The molecular weight excluding hydrogens is 250 g/mol. The molecule has 1 saturated carbocycles. The summed E-state index contributed by atoms with van der Waals surface area (Å²) in [6.07, 6.45) is 9.29. The molecule has 1 atom stereocenters. The van der Waals surface area contributed by atoms with Crippen LogP contribution in [0.1, 0.15) is 37.8 Å². The SMILES string of the molecule is Cc1ccn(CCN(CC2CCC2)C[C@@H]2CCCO2)n1. The fourth-order valence-electron chi connectivity index (χ4n) is 3.21. The molecule has 3 rings (SSSR count). The van der Waals surface area contributed by atoms with Crippen LogP contribution in [0.5, 0.6) is 0 Å². The maximum Gasteiger partial charge on any atom is 0.0702 e. The van der Waals surface area contributed by atoms with Crippen molar-refractivity contribution in [3.63, 3.8) is 0 Å². The molecule has 1 saturated heterocycles. The molecule has 0 amide bonds. The number of hydrogen-bond donors (Lipinski definition) is 0. The van der Waals surface area contributed by atoms with Crippen molar-refractivity contribution in [3.8, 4) is 0 Å². The summed E-state index contributed by atoms with van der Waals surface area (Å²) in [6.45, 7) is 7.46. The highest BCUT2D eigenvalue weighted by Gasteiger charge is 2.24. The second kappa shape index (κ2) is 6.72. The molecule has 0 unspecified atom stereocenters. The summed E-state index contributed by atoms with van der Waals surface area (Å²) in [7, 11) is 0. The second-order valence-electron chi connectivity index (χ2n) is 6.41. The van der Waals surface area contributed by atoms with Crippen molar-refractivity contribution in [2.24, 2.45) is 5.92 Å². The van der Waals surface area contributed by atoms with Gasteiger partial charge in [-0.2, -0.15) is 5.10 Å². The van der Waals surface area contributed by atoms with E-state index in [0.717, 1.165) is 37.9 Å². The van der Waals surface area contributed by atoms with E-state index in [1.807, 2.05) is 0 Å². The Morgan fingerprint density at radius 2 is 2.20 bits per heavy atom. The van der Waals surface area contributed by atoms with Crippen LogP contribution in [0.25, 0.3) is 0 Å². The first kappa shape index (κ1) is 14.1. The van der Waals surface area contributed by atoms with Crippen molar-refractivity contribution in [1.82, 2.24) is 14.7 Å². The van der Waals surface area contributed by atoms with Gasteiger partial charge in [-0.05, 0) is 44.6 Å². The average molecular weight is 277 g/mol. The monoisotopic (exact) mass is 277 g/mol. The zero-order valence-electron chi connectivity index (χ0n) is 12.6. The van der Waals surface area contributed by atoms with Crippen LogP contribution < -0.4 is 0 Å². The van der Waals surface area contributed by atoms with Gasteiger partial charge in [0.25, 0.3) is 0 Å². The Labute approximate surface area is 122 Å². The third kappa shape index (κ3) is 3.83. The highest BCUT2D eigenvalue weighted by Crippen LogP contribution is 2.27. The summed E-state index contributed by atoms with van der Waals surface area (Å²) in [6, 6.07) is 2.08. The lowest BCUT2D eigenvalue weighted by atomic mass is 9.85. The fraction of sp³-hybridized carbons (Fsp3) is 0.812. The molecular formula is C16H27N3O. The maximum atomic E-state index is 5.81. The van der Waals surface area contributed by atoms with E-state index in [-0.39, 0.29) is 0 Å². The molecule has 1 aromatic heterocycles. The minimum absolute atomic E-state index is 0.467. The average Bonchev–Trinajstić information content (AvgIpc) is 3.02. The first-order valence-corrected chi connectivity index (χ1v) is 8.13. The molecule has 4 heteroatoms. The molecule has 0 radical (unpaired) electrons. The van der Waals surface area contributed by atoms with E-state index >= 15 is 0 Å². The van der Waals surface area contributed by atoms with Gasteiger partial charge < -0.3 is 4.74 Å². The van der Waals surface area contributed by atoms with Crippen molar-refractivity contribution < 1.29 is 4.74 Å². The molecule has 112 valence electrons. The number of aromatic nitrogens is 2. The lowest BCUT2D eigenvalue weighted by molar-refractivity contribution is 0.0593. The van der Waals surface area contributed by atoms with E-state index in [2.05, 4.69) is 33.9 Å². The number of nitrogens with zero attached hydrogens (tertiary/aromatic N) is 3. The number of hydrogen-bond acceptors (Lipinski definition) is 3. The van der Waals surface area contributed by atoms with Crippen molar-refractivity contribution in [2.45, 2.75) is 51.7 Å². The Bertz CT molecular complexity index is 408. The van der Waals surface area contributed by atoms with Crippen LogP contribution in [0, 0.1) is 12.8 Å². The van der Waals surface area contributed by atoms with E-state index in [0.29, 0.717) is 6.10 Å². The zero-order chi connectivity index (χ0) is 13.8. The molecule has 1 aromatic rings. The van der Waals surface area contributed by atoms with Crippen molar-refractivity contribution in [2.75, 3.05) is 26.2 Å². The van der Waals surface area contributed by atoms with Gasteiger partial charge in [-0.1, -0.05) is 6.42 Å². The van der Waals surface area contributed by atoms with Crippen molar-refractivity contribution in [3.05, 3.63) is 18.0 Å². The Morgan fingerprint density at radius 3 is 2.80 bits per heavy atom. The third-order valence-corrected chi connectivity index (χ3v) is 4.65. The molecule has 0 aromatic carbocycles. The van der Waals surface area contributed by atoms with Crippen molar-refractivity contribution in [1.29, 1.82) is 0 Å². The standard InChI is InChI=1S/C16H27N3O/c1-14-7-8-19(17-14)10-9-18(12-15-4-2-5-15)13-16-6-3-11-20-16/h7-8,15-16H,2-6,9-13H2,1H3/t16-/m0/s1. The van der Waals surface area contributed by atoms with E-state index in [4.69, 9.17) is 4.74 Å². The van der Waals surface area contributed by atoms with Crippen LogP contribution in [0.3, 0.4) is 0 Å². The predicted molar refractivity (Wildman–Crippen MR) is 79.7 cm³/mol.